The summed E-state index contributed by atoms with van der Waals surface area (Å²) in [5.74, 6) is -3.11. The molecule has 2 aromatic rings. The van der Waals surface area contributed by atoms with Crippen LogP contribution in [0.1, 0.15) is 17.2 Å². The van der Waals surface area contributed by atoms with Gasteiger partial charge < -0.3 is 10.6 Å². The monoisotopic (exact) mass is 427 g/mol. The average Bonchev–Trinajstić information content (AvgIpc) is 3.14. The number of primary amides is 1. The minimum absolute atomic E-state index is 0.293. The number of imide groups is 1. The highest BCUT2D eigenvalue weighted by Gasteiger charge is 2.64. The van der Waals surface area contributed by atoms with E-state index in [4.69, 9.17) is 28.9 Å². The third-order valence-corrected chi connectivity index (χ3v) is 6.30. The topological polar surface area (TPSA) is 83.7 Å². The maximum absolute atomic E-state index is 13.5. The molecule has 2 saturated heterocycles. The summed E-state index contributed by atoms with van der Waals surface area (Å²) < 4.78 is 0. The van der Waals surface area contributed by atoms with Crippen molar-refractivity contribution in [1.82, 2.24) is 4.90 Å². The van der Waals surface area contributed by atoms with Gasteiger partial charge in [-0.25, -0.2) is 4.90 Å². The third kappa shape index (κ3) is 2.52. The molecular weight excluding hydrogens is 413 g/mol. The first-order valence-corrected chi connectivity index (χ1v) is 9.82. The largest absolute Gasteiger partial charge is 0.368 e. The number of hydrogen-bond acceptors (Lipinski definition) is 4. The smallest absolute Gasteiger partial charge is 0.240 e. The second kappa shape index (κ2) is 6.34. The predicted octanol–water partition coefficient (Wildman–Crippen LogP) is 2.99. The Hall–Kier alpha value is -2.83. The van der Waals surface area contributed by atoms with Crippen molar-refractivity contribution in [1.29, 1.82) is 0 Å². The van der Waals surface area contributed by atoms with E-state index in [1.165, 1.54) is 18.2 Å². The van der Waals surface area contributed by atoms with Crippen LogP contribution in [0.15, 0.2) is 48.7 Å². The number of carbonyl (C=O) groups is 3. The number of hydrogen-bond donors (Lipinski definition) is 1. The number of anilines is 1. The highest BCUT2D eigenvalue weighted by molar-refractivity contribution is 6.35. The molecule has 6 nitrogen and oxygen atoms in total. The Morgan fingerprint density at radius 2 is 1.62 bits per heavy atom. The summed E-state index contributed by atoms with van der Waals surface area (Å²) in [6, 6.07) is 10.8. The van der Waals surface area contributed by atoms with Crippen molar-refractivity contribution in [2.45, 2.75) is 12.1 Å². The summed E-state index contributed by atoms with van der Waals surface area (Å²) in [6.45, 7) is 0. The Balaban J connectivity index is 1.66. The zero-order valence-electron chi connectivity index (χ0n) is 15.0. The molecule has 2 N–H and O–H groups in total. The first-order valence-electron chi connectivity index (χ1n) is 9.06. The van der Waals surface area contributed by atoms with E-state index < -0.39 is 35.7 Å². The molecule has 8 heteroatoms. The van der Waals surface area contributed by atoms with E-state index in [1.807, 2.05) is 30.3 Å². The molecular formula is C21H15Cl2N3O3. The highest BCUT2D eigenvalue weighted by atomic mass is 35.5. The Bertz CT molecular complexity index is 1100. The van der Waals surface area contributed by atoms with Gasteiger partial charge in [0.2, 0.25) is 17.7 Å². The van der Waals surface area contributed by atoms with Crippen molar-refractivity contribution < 1.29 is 14.4 Å². The second-order valence-corrected chi connectivity index (χ2v) is 8.25. The maximum Gasteiger partial charge on any atom is 0.240 e. The van der Waals surface area contributed by atoms with E-state index in [1.54, 1.807) is 11.1 Å². The van der Waals surface area contributed by atoms with Crippen LogP contribution in [-0.4, -0.2) is 28.7 Å². The molecule has 0 saturated carbocycles. The normalized spacial score (nSPS) is 27.1. The average molecular weight is 428 g/mol. The van der Waals surface area contributed by atoms with Gasteiger partial charge in [-0.2, -0.15) is 0 Å². The lowest BCUT2D eigenvalue weighted by Gasteiger charge is -2.34. The molecule has 0 aromatic heterocycles. The Kier molecular flexibility index (Phi) is 3.98. The molecule has 0 bridgehead atoms. The number of rotatable bonds is 2. The van der Waals surface area contributed by atoms with Crippen LogP contribution >= 0.6 is 23.2 Å². The molecule has 146 valence electrons. The van der Waals surface area contributed by atoms with Crippen molar-refractivity contribution in [2.24, 2.45) is 17.6 Å². The van der Waals surface area contributed by atoms with Crippen LogP contribution in [0.4, 0.5) is 5.69 Å². The third-order valence-electron chi connectivity index (χ3n) is 5.86. The summed E-state index contributed by atoms with van der Waals surface area (Å²) in [5, 5.41) is 0.619. The van der Waals surface area contributed by atoms with Crippen LogP contribution in [0, 0.1) is 11.8 Å². The molecule has 4 atom stereocenters. The van der Waals surface area contributed by atoms with Crippen LogP contribution in [0.2, 0.25) is 10.0 Å². The van der Waals surface area contributed by atoms with E-state index in [-0.39, 0.29) is 5.91 Å². The summed E-state index contributed by atoms with van der Waals surface area (Å²) in [7, 11) is 0. The molecule has 3 aliphatic heterocycles. The molecule has 2 fully saturated rings. The van der Waals surface area contributed by atoms with Gasteiger partial charge in [-0.15, -0.1) is 0 Å². The van der Waals surface area contributed by atoms with Crippen LogP contribution in [0.3, 0.4) is 0 Å². The number of halogens is 2. The van der Waals surface area contributed by atoms with Gasteiger partial charge in [-0.05, 0) is 35.4 Å². The van der Waals surface area contributed by atoms with Gasteiger partial charge in [0.25, 0.3) is 0 Å². The Labute approximate surface area is 176 Å². The number of nitrogens with two attached hydrogens (primary N) is 1. The molecule has 3 heterocycles. The first kappa shape index (κ1) is 18.2. The van der Waals surface area contributed by atoms with Crippen molar-refractivity contribution in [3.05, 3.63) is 69.8 Å². The minimum Gasteiger partial charge on any atom is -0.368 e. The van der Waals surface area contributed by atoms with Crippen molar-refractivity contribution >= 4 is 52.7 Å². The lowest BCUT2D eigenvalue weighted by atomic mass is 9.84. The fraction of sp³-hybridized carbons (Fsp3) is 0.190. The fourth-order valence-electron chi connectivity index (χ4n) is 4.81. The van der Waals surface area contributed by atoms with Crippen LogP contribution in [-0.2, 0) is 14.4 Å². The second-order valence-electron chi connectivity index (χ2n) is 7.38. The highest BCUT2D eigenvalue weighted by Crippen LogP contribution is 2.53. The van der Waals surface area contributed by atoms with E-state index in [9.17, 15) is 14.4 Å². The van der Waals surface area contributed by atoms with E-state index in [2.05, 4.69) is 0 Å². The predicted molar refractivity (Wildman–Crippen MR) is 109 cm³/mol. The Morgan fingerprint density at radius 3 is 2.31 bits per heavy atom. The summed E-state index contributed by atoms with van der Waals surface area (Å²) in [4.78, 5) is 42.0. The molecule has 5 rings (SSSR count). The maximum atomic E-state index is 13.5. The summed E-state index contributed by atoms with van der Waals surface area (Å²) >= 11 is 12.2. The van der Waals surface area contributed by atoms with E-state index in [0.29, 0.717) is 15.7 Å². The van der Waals surface area contributed by atoms with E-state index in [0.717, 1.165) is 16.0 Å². The fourth-order valence-corrected chi connectivity index (χ4v) is 5.32. The van der Waals surface area contributed by atoms with Crippen molar-refractivity contribution in [3.8, 4) is 0 Å². The van der Waals surface area contributed by atoms with Crippen LogP contribution < -0.4 is 10.6 Å². The molecule has 3 amide bonds. The molecule has 29 heavy (non-hydrogen) atoms. The molecule has 2 aromatic carbocycles. The van der Waals surface area contributed by atoms with Gasteiger partial charge >= 0.3 is 0 Å². The van der Waals surface area contributed by atoms with Gasteiger partial charge in [-0.3, -0.25) is 14.4 Å². The van der Waals surface area contributed by atoms with Crippen LogP contribution in [0.5, 0.6) is 0 Å². The van der Waals surface area contributed by atoms with Gasteiger partial charge in [0, 0.05) is 16.2 Å². The van der Waals surface area contributed by atoms with Crippen molar-refractivity contribution in [2.75, 3.05) is 4.90 Å². The SMILES string of the molecule is NC(=O)C1C2C(=O)N(c3cc(Cl)cc(Cl)c3)C(=O)C2C2c3ccccc3C=CN12. The summed E-state index contributed by atoms with van der Waals surface area (Å²) in [6.07, 6.45) is 3.62. The number of nitrogens with zero attached hydrogens (tertiary/aromatic N) is 2. The Morgan fingerprint density at radius 1 is 0.966 bits per heavy atom. The molecule has 0 aliphatic carbocycles. The number of carbonyl (C=O) groups excluding carboxylic acids is 3. The van der Waals surface area contributed by atoms with Gasteiger partial charge in [-0.1, -0.05) is 47.5 Å². The van der Waals surface area contributed by atoms with Crippen LogP contribution in [0.25, 0.3) is 6.08 Å². The van der Waals surface area contributed by atoms with Gasteiger partial charge in [0.1, 0.15) is 6.04 Å². The van der Waals surface area contributed by atoms with Gasteiger partial charge in [0.05, 0.1) is 23.6 Å². The molecule has 3 aliphatic rings. The standard InChI is InChI=1S/C21H15Cl2N3O3/c22-11-7-12(23)9-13(8-11)26-20(28)15-16(21(26)29)18(19(24)27)25-6-5-10-3-1-2-4-14(10)17(15)25/h1-9,15-18H,(H2,24,27). The number of amides is 3. The van der Waals surface area contributed by atoms with Gasteiger partial charge in [0.15, 0.2) is 0 Å². The lowest BCUT2D eigenvalue weighted by Crippen LogP contribution is -2.46. The molecule has 0 spiro atoms. The number of benzene rings is 2. The zero-order valence-corrected chi connectivity index (χ0v) is 16.5. The molecule has 0 radical (unpaired) electrons. The number of fused-ring (bicyclic) bond motifs is 5. The summed E-state index contributed by atoms with van der Waals surface area (Å²) in [5.41, 5.74) is 7.81. The molecule has 4 unspecified atom stereocenters. The van der Waals surface area contributed by atoms with Crippen molar-refractivity contribution in [3.63, 3.8) is 0 Å². The zero-order chi connectivity index (χ0) is 20.4. The minimum atomic E-state index is -0.911. The van der Waals surface area contributed by atoms with E-state index >= 15 is 0 Å². The lowest BCUT2D eigenvalue weighted by molar-refractivity contribution is -0.129. The first-order chi connectivity index (χ1) is 13.9. The quantitative estimate of drug-likeness (QED) is 0.746.